The minimum absolute atomic E-state index is 0.395. The Balaban J connectivity index is 2.21. The second-order valence-corrected chi connectivity index (χ2v) is 5.40. The van der Waals surface area contributed by atoms with E-state index in [2.05, 4.69) is 31.1 Å². The van der Waals surface area contributed by atoms with E-state index < -0.39 is 0 Å². The lowest BCUT2D eigenvalue weighted by molar-refractivity contribution is 0.434. The smallest absolute Gasteiger partial charge is 0.180 e. The van der Waals surface area contributed by atoms with Crippen LogP contribution >= 0.6 is 0 Å². The predicted molar refractivity (Wildman–Crippen MR) is 83.0 cm³/mol. The Labute approximate surface area is 123 Å². The van der Waals surface area contributed by atoms with Crippen LogP contribution in [0, 0.1) is 27.7 Å². The lowest BCUT2D eigenvalue weighted by Crippen LogP contribution is -1.90. The van der Waals surface area contributed by atoms with Gasteiger partial charge in [-0.1, -0.05) is 23.4 Å². The molecule has 0 atom stereocenters. The molecular formula is C17H18N2O2. The third-order valence-electron chi connectivity index (χ3n) is 3.80. The average Bonchev–Trinajstić information content (AvgIpc) is 2.95. The van der Waals surface area contributed by atoms with Crippen molar-refractivity contribution in [2.75, 3.05) is 5.73 Å². The topological polar surface area (TPSA) is 65.2 Å². The molecule has 1 aromatic carbocycles. The maximum atomic E-state index is 6.02. The molecule has 2 heterocycles. The fourth-order valence-electron chi connectivity index (χ4n) is 2.52. The summed E-state index contributed by atoms with van der Waals surface area (Å²) in [5.41, 5.74) is 11.2. The van der Waals surface area contributed by atoms with E-state index in [1.807, 2.05) is 26.0 Å². The van der Waals surface area contributed by atoms with Crippen LogP contribution in [0.25, 0.3) is 22.5 Å². The number of hydrogen-bond acceptors (Lipinski definition) is 4. The minimum atomic E-state index is 0.395. The molecular weight excluding hydrogens is 264 g/mol. The molecule has 0 bridgehead atoms. The molecule has 3 aromatic rings. The predicted octanol–water partition coefficient (Wildman–Crippen LogP) is 4.42. The van der Waals surface area contributed by atoms with Crippen LogP contribution < -0.4 is 5.73 Å². The van der Waals surface area contributed by atoms with Crippen LogP contribution in [0.4, 0.5) is 5.82 Å². The van der Waals surface area contributed by atoms with Crippen molar-refractivity contribution in [3.8, 4) is 22.5 Å². The summed E-state index contributed by atoms with van der Waals surface area (Å²) >= 11 is 0. The molecule has 4 heteroatoms. The standard InChI is InChI=1S/C17H18N2O2/c1-9-5-6-13(7-10(9)2)15-16(21-19-17(15)18)14-8-11(3)20-12(14)4/h5-8H,1-4H3,(H2,18,19). The van der Waals surface area contributed by atoms with Gasteiger partial charge in [-0.2, -0.15) is 0 Å². The number of aryl methyl sites for hydroxylation is 4. The number of nitrogens with zero attached hydrogens (tertiary/aromatic N) is 1. The molecule has 3 rings (SSSR count). The van der Waals surface area contributed by atoms with Gasteiger partial charge >= 0.3 is 0 Å². The van der Waals surface area contributed by atoms with Gasteiger partial charge in [0.1, 0.15) is 11.5 Å². The zero-order chi connectivity index (χ0) is 15.1. The summed E-state index contributed by atoms with van der Waals surface area (Å²) in [6, 6.07) is 8.16. The van der Waals surface area contributed by atoms with Gasteiger partial charge in [0.2, 0.25) is 0 Å². The van der Waals surface area contributed by atoms with E-state index >= 15 is 0 Å². The van der Waals surface area contributed by atoms with Crippen LogP contribution in [0.5, 0.6) is 0 Å². The molecule has 0 aliphatic heterocycles. The van der Waals surface area contributed by atoms with Gasteiger partial charge in [0.05, 0.1) is 11.1 Å². The molecule has 0 unspecified atom stereocenters. The zero-order valence-electron chi connectivity index (χ0n) is 12.7. The van der Waals surface area contributed by atoms with Gasteiger partial charge in [-0.3, -0.25) is 0 Å². The van der Waals surface area contributed by atoms with Crippen molar-refractivity contribution in [1.29, 1.82) is 0 Å². The molecule has 0 saturated heterocycles. The molecule has 4 nitrogen and oxygen atoms in total. The summed E-state index contributed by atoms with van der Waals surface area (Å²) in [5.74, 6) is 2.69. The van der Waals surface area contributed by atoms with E-state index in [0.717, 1.165) is 28.2 Å². The summed E-state index contributed by atoms with van der Waals surface area (Å²) in [7, 11) is 0. The van der Waals surface area contributed by atoms with Crippen molar-refractivity contribution in [2.24, 2.45) is 0 Å². The second-order valence-electron chi connectivity index (χ2n) is 5.40. The maximum Gasteiger partial charge on any atom is 0.180 e. The molecule has 21 heavy (non-hydrogen) atoms. The minimum Gasteiger partial charge on any atom is -0.466 e. The normalized spacial score (nSPS) is 11.0. The van der Waals surface area contributed by atoms with Crippen molar-refractivity contribution in [1.82, 2.24) is 5.16 Å². The van der Waals surface area contributed by atoms with Crippen LogP contribution in [-0.4, -0.2) is 5.16 Å². The Hall–Kier alpha value is -2.49. The van der Waals surface area contributed by atoms with E-state index in [4.69, 9.17) is 14.7 Å². The molecule has 2 N–H and O–H groups in total. The number of aromatic nitrogens is 1. The highest BCUT2D eigenvalue weighted by Gasteiger charge is 2.21. The number of anilines is 1. The monoisotopic (exact) mass is 282 g/mol. The highest BCUT2D eigenvalue weighted by Crippen LogP contribution is 2.39. The van der Waals surface area contributed by atoms with Gasteiger partial charge in [0, 0.05) is 0 Å². The van der Waals surface area contributed by atoms with Crippen LogP contribution in [0.15, 0.2) is 33.2 Å². The highest BCUT2D eigenvalue weighted by molar-refractivity contribution is 5.87. The van der Waals surface area contributed by atoms with Gasteiger partial charge in [0.15, 0.2) is 11.6 Å². The molecule has 0 amide bonds. The van der Waals surface area contributed by atoms with E-state index in [-0.39, 0.29) is 0 Å². The fraction of sp³-hybridized carbons (Fsp3) is 0.235. The molecule has 0 aliphatic rings. The van der Waals surface area contributed by atoms with Crippen molar-refractivity contribution in [3.63, 3.8) is 0 Å². The van der Waals surface area contributed by atoms with Crippen LogP contribution in [0.2, 0.25) is 0 Å². The Morgan fingerprint density at radius 1 is 1.00 bits per heavy atom. The highest BCUT2D eigenvalue weighted by atomic mass is 16.5. The zero-order valence-corrected chi connectivity index (χ0v) is 12.7. The number of hydrogen-bond donors (Lipinski definition) is 1. The van der Waals surface area contributed by atoms with Crippen LogP contribution in [0.1, 0.15) is 22.6 Å². The Morgan fingerprint density at radius 2 is 1.76 bits per heavy atom. The molecule has 0 radical (unpaired) electrons. The number of nitrogens with two attached hydrogens (primary N) is 1. The SMILES string of the molecule is Cc1cc(-c2onc(N)c2-c2ccc(C)c(C)c2)c(C)o1. The number of nitrogen functional groups attached to an aromatic ring is 1. The first-order chi connectivity index (χ1) is 9.97. The molecule has 0 aliphatic carbocycles. The summed E-state index contributed by atoms with van der Waals surface area (Å²) in [6.07, 6.45) is 0. The lowest BCUT2D eigenvalue weighted by Gasteiger charge is -2.05. The van der Waals surface area contributed by atoms with Crippen LogP contribution in [-0.2, 0) is 0 Å². The van der Waals surface area contributed by atoms with E-state index in [1.165, 1.54) is 11.1 Å². The first-order valence-corrected chi connectivity index (χ1v) is 6.87. The summed E-state index contributed by atoms with van der Waals surface area (Å²) < 4.78 is 11.0. The third kappa shape index (κ3) is 2.23. The molecule has 108 valence electrons. The Bertz CT molecular complexity index is 812. The Morgan fingerprint density at radius 3 is 2.38 bits per heavy atom. The van der Waals surface area contributed by atoms with Gasteiger partial charge in [-0.05, 0) is 50.5 Å². The van der Waals surface area contributed by atoms with E-state index in [0.29, 0.717) is 11.6 Å². The van der Waals surface area contributed by atoms with Crippen molar-refractivity contribution < 1.29 is 8.94 Å². The molecule has 0 fully saturated rings. The summed E-state index contributed by atoms with van der Waals surface area (Å²) in [6.45, 7) is 7.98. The van der Waals surface area contributed by atoms with Crippen molar-refractivity contribution >= 4 is 5.82 Å². The van der Waals surface area contributed by atoms with Crippen molar-refractivity contribution in [3.05, 3.63) is 46.9 Å². The molecule has 0 spiro atoms. The Kier molecular flexibility index (Phi) is 3.09. The molecule has 0 saturated carbocycles. The summed E-state index contributed by atoms with van der Waals surface area (Å²) in [5, 5.41) is 3.93. The fourth-order valence-corrected chi connectivity index (χ4v) is 2.52. The largest absolute Gasteiger partial charge is 0.466 e. The first kappa shape index (κ1) is 13.5. The number of benzene rings is 1. The number of rotatable bonds is 2. The average molecular weight is 282 g/mol. The van der Waals surface area contributed by atoms with Crippen LogP contribution in [0.3, 0.4) is 0 Å². The first-order valence-electron chi connectivity index (χ1n) is 6.87. The summed E-state index contributed by atoms with van der Waals surface area (Å²) in [4.78, 5) is 0. The lowest BCUT2D eigenvalue weighted by atomic mass is 9.98. The third-order valence-corrected chi connectivity index (χ3v) is 3.80. The van der Waals surface area contributed by atoms with E-state index in [1.54, 1.807) is 0 Å². The number of furan rings is 1. The van der Waals surface area contributed by atoms with E-state index in [9.17, 15) is 0 Å². The maximum absolute atomic E-state index is 6.02. The molecule has 2 aromatic heterocycles. The van der Waals surface area contributed by atoms with Crippen molar-refractivity contribution in [2.45, 2.75) is 27.7 Å². The van der Waals surface area contributed by atoms with Gasteiger partial charge < -0.3 is 14.7 Å². The second kappa shape index (κ2) is 4.81. The van der Waals surface area contributed by atoms with Gasteiger partial charge in [-0.25, -0.2) is 0 Å². The quantitative estimate of drug-likeness (QED) is 0.755. The van der Waals surface area contributed by atoms with Gasteiger partial charge in [0.25, 0.3) is 0 Å². The van der Waals surface area contributed by atoms with Gasteiger partial charge in [-0.15, -0.1) is 0 Å².